The topological polar surface area (TPSA) is 146 Å². The van der Waals surface area contributed by atoms with Gasteiger partial charge in [-0.3, -0.25) is 14.9 Å². The minimum atomic E-state index is -4.80. The first-order valence-corrected chi connectivity index (χ1v) is 15.9. The Bertz CT molecular complexity index is 1640. The first-order chi connectivity index (χ1) is 23.3. The van der Waals surface area contributed by atoms with Crippen molar-refractivity contribution in [3.05, 3.63) is 59.4 Å². The lowest BCUT2D eigenvalue weighted by Gasteiger charge is -2.32. The number of Topliss-reactive ketones (excluding diaryl/α,β-unsaturated/α-hetero) is 1. The van der Waals surface area contributed by atoms with Crippen LogP contribution in [-0.2, 0) is 36.5 Å². The van der Waals surface area contributed by atoms with Crippen molar-refractivity contribution in [2.45, 2.75) is 71.1 Å². The molecule has 3 heterocycles. The number of amides is 2. The number of rotatable bonds is 10. The highest BCUT2D eigenvalue weighted by molar-refractivity contribution is 6.12. The monoisotopic (exact) mass is 688 g/mol. The van der Waals surface area contributed by atoms with Crippen LogP contribution in [0.4, 0.5) is 35.0 Å². The number of nitrogens with zero attached hydrogens (tertiary/aromatic N) is 4. The van der Waals surface area contributed by atoms with Crippen LogP contribution in [0, 0.1) is 0 Å². The number of benzene rings is 2. The summed E-state index contributed by atoms with van der Waals surface area (Å²) >= 11 is 0. The van der Waals surface area contributed by atoms with E-state index >= 15 is 0 Å². The van der Waals surface area contributed by atoms with E-state index in [0.29, 0.717) is 18.0 Å². The molecule has 0 bridgehead atoms. The van der Waals surface area contributed by atoms with Gasteiger partial charge in [0.2, 0.25) is 5.91 Å². The molecular weight excluding hydrogens is 649 g/mol. The van der Waals surface area contributed by atoms with E-state index < -0.39 is 41.5 Å². The minimum Gasteiger partial charge on any atom is -0.444 e. The van der Waals surface area contributed by atoms with Gasteiger partial charge < -0.3 is 29.2 Å². The van der Waals surface area contributed by atoms with Crippen molar-refractivity contribution in [3.63, 3.8) is 0 Å². The van der Waals surface area contributed by atoms with Crippen LogP contribution < -0.4 is 15.5 Å². The Morgan fingerprint density at radius 3 is 2.45 bits per heavy atom. The van der Waals surface area contributed by atoms with Crippen molar-refractivity contribution in [2.24, 2.45) is 0 Å². The first kappa shape index (κ1) is 35.8. The molecule has 2 amide bonds. The third-order valence-electron chi connectivity index (χ3n) is 7.61. The molecule has 49 heavy (non-hydrogen) atoms. The van der Waals surface area contributed by atoms with Crippen molar-refractivity contribution in [1.82, 2.24) is 15.0 Å². The fraction of sp³-hybridized carbons (Fsp3) is 0.485. The number of carbonyl (C=O) groups excluding carboxylic acids is 3. The summed E-state index contributed by atoms with van der Waals surface area (Å²) in [5, 5.41) is 12.9. The van der Waals surface area contributed by atoms with Crippen LogP contribution in [-0.4, -0.2) is 77.6 Å². The Balaban J connectivity index is 1.34. The molecule has 0 spiro atoms. The van der Waals surface area contributed by atoms with Gasteiger partial charge in [0.15, 0.2) is 12.1 Å². The number of halogens is 3. The molecule has 2 saturated heterocycles. The molecule has 0 aliphatic carbocycles. The summed E-state index contributed by atoms with van der Waals surface area (Å²) in [6, 6.07) is 8.23. The summed E-state index contributed by atoms with van der Waals surface area (Å²) in [6.07, 6.45) is -2.46. The molecule has 5 rings (SSSR count). The number of nitrogens with one attached hydrogen (secondary N) is 2. The number of ether oxygens (including phenoxy) is 4. The Kier molecular flexibility index (Phi) is 11.2. The van der Waals surface area contributed by atoms with Crippen LogP contribution in [0.5, 0.6) is 0 Å². The van der Waals surface area contributed by atoms with Gasteiger partial charge in [-0.05, 0) is 64.3 Å². The Hall–Kier alpha value is -4.54. The molecule has 2 fully saturated rings. The van der Waals surface area contributed by atoms with Crippen molar-refractivity contribution < 1.29 is 46.5 Å². The van der Waals surface area contributed by atoms with E-state index in [0.717, 1.165) is 31.4 Å². The highest BCUT2D eigenvalue weighted by Gasteiger charge is 2.37. The van der Waals surface area contributed by atoms with E-state index in [1.54, 1.807) is 32.9 Å². The van der Waals surface area contributed by atoms with Gasteiger partial charge in [0.05, 0.1) is 66.4 Å². The smallest absolute Gasteiger partial charge is 0.418 e. The van der Waals surface area contributed by atoms with Gasteiger partial charge in [0.25, 0.3) is 0 Å². The van der Waals surface area contributed by atoms with Gasteiger partial charge >= 0.3 is 12.3 Å². The lowest BCUT2D eigenvalue weighted by molar-refractivity contribution is -0.169. The second-order valence-electron chi connectivity index (χ2n) is 12.6. The lowest BCUT2D eigenvalue weighted by Crippen LogP contribution is -2.37. The summed E-state index contributed by atoms with van der Waals surface area (Å²) in [7, 11) is 0. The van der Waals surface area contributed by atoms with E-state index in [9.17, 15) is 27.6 Å². The number of ketones is 1. The van der Waals surface area contributed by atoms with Crippen molar-refractivity contribution in [3.8, 4) is 5.69 Å². The summed E-state index contributed by atoms with van der Waals surface area (Å²) < 4.78 is 66.6. The SMILES string of the molecule is CC(C)(C)OC(=O)Nc1cc(N2CCOCC2)c(C(F)(F)F)cc1NC(=O)CC(=O)c1cccc(-n2nncc2COC2CCCCO2)c1. The van der Waals surface area contributed by atoms with Gasteiger partial charge in [0, 0.05) is 25.3 Å². The zero-order valence-electron chi connectivity index (χ0n) is 27.5. The number of hydrogen-bond acceptors (Lipinski definition) is 10. The summed E-state index contributed by atoms with van der Waals surface area (Å²) in [6.45, 7) is 6.50. The number of aromatic nitrogens is 3. The minimum absolute atomic E-state index is 0.133. The van der Waals surface area contributed by atoms with Crippen LogP contribution in [0.1, 0.15) is 68.1 Å². The van der Waals surface area contributed by atoms with E-state index in [4.69, 9.17) is 18.9 Å². The van der Waals surface area contributed by atoms with E-state index in [2.05, 4.69) is 20.9 Å². The highest BCUT2D eigenvalue weighted by Crippen LogP contribution is 2.42. The van der Waals surface area contributed by atoms with Gasteiger partial charge in [-0.1, -0.05) is 17.3 Å². The van der Waals surface area contributed by atoms with E-state index in [-0.39, 0.29) is 61.8 Å². The lowest BCUT2D eigenvalue weighted by atomic mass is 10.1. The molecule has 0 radical (unpaired) electrons. The fourth-order valence-electron chi connectivity index (χ4n) is 5.35. The van der Waals surface area contributed by atoms with E-state index in [1.165, 1.54) is 27.9 Å². The normalized spacial score (nSPS) is 17.0. The third-order valence-corrected chi connectivity index (χ3v) is 7.61. The second-order valence-corrected chi connectivity index (χ2v) is 12.6. The predicted octanol–water partition coefficient (Wildman–Crippen LogP) is 5.72. The van der Waals surface area contributed by atoms with E-state index in [1.807, 2.05) is 0 Å². The average molecular weight is 689 g/mol. The molecule has 2 N–H and O–H groups in total. The summed E-state index contributed by atoms with van der Waals surface area (Å²) in [5.74, 6) is -1.49. The number of morpholine rings is 1. The Morgan fingerprint density at radius 2 is 1.76 bits per heavy atom. The average Bonchev–Trinajstić information content (AvgIpc) is 3.53. The number of alkyl halides is 3. The van der Waals surface area contributed by atoms with Crippen LogP contribution in [0.25, 0.3) is 5.69 Å². The Morgan fingerprint density at radius 1 is 1.00 bits per heavy atom. The van der Waals surface area contributed by atoms with Gasteiger partial charge in [-0.2, -0.15) is 13.2 Å². The molecule has 13 nitrogen and oxygen atoms in total. The quantitative estimate of drug-likeness (QED) is 0.200. The maximum Gasteiger partial charge on any atom is 0.418 e. The zero-order chi connectivity index (χ0) is 35.2. The van der Waals surface area contributed by atoms with Crippen molar-refractivity contribution >= 4 is 34.8 Å². The maximum absolute atomic E-state index is 14.3. The molecule has 2 aliphatic heterocycles. The van der Waals surface area contributed by atoms with Crippen molar-refractivity contribution in [1.29, 1.82) is 0 Å². The summed E-state index contributed by atoms with van der Waals surface area (Å²) in [5.41, 5.74) is -1.35. The number of hydrogen-bond donors (Lipinski definition) is 2. The molecule has 1 unspecified atom stereocenters. The number of anilines is 3. The van der Waals surface area contributed by atoms with Crippen molar-refractivity contribution in [2.75, 3.05) is 48.4 Å². The van der Waals surface area contributed by atoms with Crippen LogP contribution in [0.3, 0.4) is 0 Å². The molecular formula is C33H39F3N6O7. The summed E-state index contributed by atoms with van der Waals surface area (Å²) in [4.78, 5) is 40.6. The zero-order valence-corrected chi connectivity index (χ0v) is 27.5. The van der Waals surface area contributed by atoms with Crippen LogP contribution >= 0.6 is 0 Å². The predicted molar refractivity (Wildman–Crippen MR) is 172 cm³/mol. The molecule has 0 saturated carbocycles. The molecule has 2 aromatic carbocycles. The molecule has 264 valence electrons. The molecule has 3 aromatic rings. The highest BCUT2D eigenvalue weighted by atomic mass is 19.4. The largest absolute Gasteiger partial charge is 0.444 e. The molecule has 1 aromatic heterocycles. The number of carbonyl (C=O) groups is 3. The van der Waals surface area contributed by atoms with Gasteiger partial charge in [-0.15, -0.1) is 5.10 Å². The standard InChI is InChI=1S/C33H39F3N6O7/c1-32(2,3)49-31(45)39-26-17-27(41-10-13-46-14-11-41)24(33(34,35)36)16-25(26)38-29(44)18-28(43)21-7-6-8-22(15-21)42-23(19-37-40-42)20-48-30-9-4-5-12-47-30/h6-8,15-17,19,30H,4-5,9-14,18,20H2,1-3H3,(H,38,44)(H,39,45). The van der Waals surface area contributed by atoms with Crippen LogP contribution in [0.2, 0.25) is 0 Å². The fourth-order valence-corrected chi connectivity index (χ4v) is 5.35. The molecule has 16 heteroatoms. The molecule has 2 aliphatic rings. The third kappa shape index (κ3) is 9.77. The first-order valence-electron chi connectivity index (χ1n) is 15.9. The van der Waals surface area contributed by atoms with Gasteiger partial charge in [0.1, 0.15) is 5.60 Å². The van der Waals surface area contributed by atoms with Crippen LogP contribution in [0.15, 0.2) is 42.6 Å². The maximum atomic E-state index is 14.3. The van der Waals surface area contributed by atoms with Gasteiger partial charge in [-0.25, -0.2) is 9.48 Å². The second kappa shape index (κ2) is 15.3. The Labute approximate surface area is 281 Å². The molecule has 1 atom stereocenters.